The highest BCUT2D eigenvalue weighted by Crippen LogP contribution is 2.11. The number of rotatable bonds is 3. The van der Waals surface area contributed by atoms with Gasteiger partial charge in [-0.3, -0.25) is 16.5 Å². The van der Waals surface area contributed by atoms with Crippen molar-refractivity contribution in [2.24, 2.45) is 11.7 Å². The maximum absolute atomic E-state index is 11.9. The smallest absolute Gasteiger partial charge is 0.182 e. The molecule has 1 aromatic carbocycles. The van der Waals surface area contributed by atoms with Gasteiger partial charge in [-0.25, -0.2) is 4.79 Å². The van der Waals surface area contributed by atoms with Crippen molar-refractivity contribution >= 4 is 11.7 Å². The second-order valence-corrected chi connectivity index (χ2v) is 3.99. The fraction of sp³-hybridized carbons (Fsp3) is 0.214. The van der Waals surface area contributed by atoms with Crippen LogP contribution in [0, 0.1) is 0 Å². The summed E-state index contributed by atoms with van der Waals surface area (Å²) in [6.45, 7) is 0.796. The van der Waals surface area contributed by atoms with Crippen molar-refractivity contribution in [3.63, 3.8) is 0 Å². The highest BCUT2D eigenvalue weighted by molar-refractivity contribution is 5.97. The quantitative estimate of drug-likeness (QED) is 0.360. The van der Waals surface area contributed by atoms with E-state index in [9.17, 15) is 9.59 Å². The molecule has 4 N–H and O–H groups in total. The molecule has 0 spiro atoms. The zero-order valence-electron chi connectivity index (χ0n) is 10.6. The molecular formula is C14H17N3O2. The van der Waals surface area contributed by atoms with E-state index in [-0.39, 0.29) is 5.78 Å². The molecule has 0 unspecified atom stereocenters. The van der Waals surface area contributed by atoms with Crippen LogP contribution in [-0.4, -0.2) is 29.7 Å². The lowest BCUT2D eigenvalue weighted by atomic mass is 10.1. The summed E-state index contributed by atoms with van der Waals surface area (Å²) < 4.78 is 0. The first-order chi connectivity index (χ1) is 9.29. The van der Waals surface area contributed by atoms with Crippen molar-refractivity contribution in [1.82, 2.24) is 4.90 Å². The van der Waals surface area contributed by atoms with Gasteiger partial charge in [-0.05, 0) is 6.20 Å². The number of nitrogens with two attached hydrogens (primary N) is 2. The Hall–Kier alpha value is -2.20. The lowest BCUT2D eigenvalue weighted by molar-refractivity contribution is 0.0957. The average Bonchev–Trinajstić information content (AvgIpc) is 2.50. The molecule has 0 atom stereocenters. The number of carbonyl (C=O) groups excluding carboxylic acids is 2. The number of carbonyl (C=O) groups is 1. The number of ketones is 1. The molecule has 1 heterocycles. The van der Waals surface area contributed by atoms with Gasteiger partial charge in [-0.15, -0.1) is 0 Å². The molecule has 0 amide bonds. The van der Waals surface area contributed by atoms with Crippen LogP contribution in [0.4, 0.5) is 0 Å². The Balaban J connectivity index is 0.000000861. The fourth-order valence-corrected chi connectivity index (χ4v) is 1.79. The van der Waals surface area contributed by atoms with Crippen LogP contribution in [-0.2, 0) is 4.79 Å². The van der Waals surface area contributed by atoms with E-state index >= 15 is 0 Å². The summed E-state index contributed by atoms with van der Waals surface area (Å²) in [5.41, 5.74) is 1.39. The van der Waals surface area contributed by atoms with Crippen LogP contribution >= 0.6 is 0 Å². The standard InChI is InChI=1S/C14H13NO2.H4N2/c16-11-12-5-4-8-15(9-12)10-14(17)13-6-2-1-3-7-13;1-2/h1-4,6-8H,5,9-10H2;1-2H2. The Kier molecular flexibility index (Phi) is 6.26. The van der Waals surface area contributed by atoms with E-state index in [0.29, 0.717) is 30.6 Å². The Morgan fingerprint density at radius 3 is 2.58 bits per heavy atom. The monoisotopic (exact) mass is 259 g/mol. The molecule has 2 rings (SSSR count). The molecule has 0 bridgehead atoms. The van der Waals surface area contributed by atoms with E-state index in [2.05, 4.69) is 11.7 Å². The normalized spacial score (nSPS) is 13.4. The molecule has 0 saturated heterocycles. The van der Waals surface area contributed by atoms with Crippen molar-refractivity contribution in [3.05, 3.63) is 53.7 Å². The summed E-state index contributed by atoms with van der Waals surface area (Å²) in [7, 11) is 0. The molecule has 0 aromatic heterocycles. The molecule has 5 nitrogen and oxygen atoms in total. The summed E-state index contributed by atoms with van der Waals surface area (Å²) in [5, 5.41) is 0. The van der Waals surface area contributed by atoms with E-state index in [1.54, 1.807) is 12.1 Å². The largest absolute Gasteiger partial charge is 0.365 e. The zero-order chi connectivity index (χ0) is 14.1. The van der Waals surface area contributed by atoms with Crippen molar-refractivity contribution < 1.29 is 9.59 Å². The van der Waals surface area contributed by atoms with E-state index in [1.807, 2.05) is 41.3 Å². The van der Waals surface area contributed by atoms with Crippen LogP contribution in [0.2, 0.25) is 0 Å². The summed E-state index contributed by atoms with van der Waals surface area (Å²) in [6.07, 6.45) is 4.38. The first-order valence-corrected chi connectivity index (χ1v) is 5.85. The van der Waals surface area contributed by atoms with E-state index in [4.69, 9.17) is 0 Å². The van der Waals surface area contributed by atoms with Crippen LogP contribution in [0.25, 0.3) is 0 Å². The Labute approximate surface area is 112 Å². The zero-order valence-corrected chi connectivity index (χ0v) is 10.6. The average molecular weight is 259 g/mol. The first-order valence-electron chi connectivity index (χ1n) is 5.85. The van der Waals surface area contributed by atoms with Crippen LogP contribution in [0.1, 0.15) is 16.8 Å². The van der Waals surface area contributed by atoms with Crippen molar-refractivity contribution in [1.29, 1.82) is 0 Å². The summed E-state index contributed by atoms with van der Waals surface area (Å²) in [4.78, 5) is 24.3. The third-order valence-electron chi connectivity index (χ3n) is 2.66. The predicted molar refractivity (Wildman–Crippen MR) is 73.7 cm³/mol. The SMILES string of the molecule is NN.O=C=C1CC=CN(CC(=O)c2ccccc2)C1. The molecule has 0 fully saturated rings. The third kappa shape index (κ3) is 4.52. The van der Waals surface area contributed by atoms with Gasteiger partial charge in [0.15, 0.2) is 5.78 Å². The van der Waals surface area contributed by atoms with Crippen LogP contribution < -0.4 is 11.7 Å². The first kappa shape index (κ1) is 14.9. The molecule has 0 radical (unpaired) electrons. The lowest BCUT2D eigenvalue weighted by Crippen LogP contribution is -2.29. The molecule has 19 heavy (non-hydrogen) atoms. The Bertz CT molecular complexity index is 491. The highest BCUT2D eigenvalue weighted by Gasteiger charge is 2.13. The maximum Gasteiger partial charge on any atom is 0.182 e. The van der Waals surface area contributed by atoms with Gasteiger partial charge in [0.2, 0.25) is 0 Å². The molecular weight excluding hydrogens is 242 g/mol. The molecule has 100 valence electrons. The minimum Gasteiger partial charge on any atom is -0.365 e. The summed E-state index contributed by atoms with van der Waals surface area (Å²) >= 11 is 0. The predicted octanol–water partition coefficient (Wildman–Crippen LogP) is 0.666. The van der Waals surface area contributed by atoms with E-state index in [0.717, 1.165) is 0 Å². The third-order valence-corrected chi connectivity index (χ3v) is 2.66. The van der Waals surface area contributed by atoms with Crippen LogP contribution in [0.3, 0.4) is 0 Å². The molecule has 1 aliphatic rings. The second-order valence-electron chi connectivity index (χ2n) is 3.99. The number of benzene rings is 1. The Morgan fingerprint density at radius 1 is 1.26 bits per heavy atom. The number of Topliss-reactive ketones (excluding diaryl/α,β-unsaturated/α-hetero) is 1. The number of hydrogen-bond donors (Lipinski definition) is 2. The second kappa shape index (κ2) is 8.00. The molecule has 5 heteroatoms. The maximum atomic E-state index is 11.9. The van der Waals surface area contributed by atoms with Gasteiger partial charge in [0, 0.05) is 24.1 Å². The van der Waals surface area contributed by atoms with Crippen molar-refractivity contribution in [2.45, 2.75) is 6.42 Å². The van der Waals surface area contributed by atoms with Crippen molar-refractivity contribution in [3.8, 4) is 0 Å². The van der Waals surface area contributed by atoms with E-state index < -0.39 is 0 Å². The van der Waals surface area contributed by atoms with Gasteiger partial charge in [0.1, 0.15) is 5.94 Å². The topological polar surface area (TPSA) is 89.4 Å². The number of nitrogens with zero attached hydrogens (tertiary/aromatic N) is 1. The molecule has 0 aliphatic carbocycles. The number of hydrazine groups is 1. The number of hydrogen-bond acceptors (Lipinski definition) is 5. The lowest BCUT2D eigenvalue weighted by Gasteiger charge is -2.22. The van der Waals surface area contributed by atoms with Gasteiger partial charge in [0.25, 0.3) is 0 Å². The molecule has 0 saturated carbocycles. The van der Waals surface area contributed by atoms with Gasteiger partial charge in [-0.1, -0.05) is 36.4 Å². The van der Waals surface area contributed by atoms with Crippen LogP contribution in [0.5, 0.6) is 0 Å². The molecule has 1 aromatic rings. The summed E-state index contributed by atoms with van der Waals surface area (Å²) in [5.74, 6) is 9.97. The highest BCUT2D eigenvalue weighted by atomic mass is 16.1. The minimum atomic E-state index is 0.0578. The van der Waals surface area contributed by atoms with Crippen molar-refractivity contribution in [2.75, 3.05) is 13.1 Å². The van der Waals surface area contributed by atoms with Gasteiger partial charge in [0.05, 0.1) is 6.54 Å². The van der Waals surface area contributed by atoms with Gasteiger partial charge < -0.3 is 4.90 Å². The Morgan fingerprint density at radius 2 is 1.95 bits per heavy atom. The van der Waals surface area contributed by atoms with Gasteiger partial charge >= 0.3 is 0 Å². The van der Waals surface area contributed by atoms with Gasteiger partial charge in [-0.2, -0.15) is 0 Å². The minimum absolute atomic E-state index is 0.0578. The fourth-order valence-electron chi connectivity index (χ4n) is 1.79. The van der Waals surface area contributed by atoms with E-state index in [1.165, 1.54) is 0 Å². The van der Waals surface area contributed by atoms with Crippen LogP contribution in [0.15, 0.2) is 48.2 Å². The number of allylic oxidation sites excluding steroid dienone is 1. The summed E-state index contributed by atoms with van der Waals surface area (Å²) in [6, 6.07) is 9.16. The molecule has 1 aliphatic heterocycles.